The minimum Gasteiger partial charge on any atom is -0.503 e. The number of halogens is 1. The van der Waals surface area contributed by atoms with E-state index in [1.807, 2.05) is 13.8 Å². The molecule has 1 unspecified atom stereocenters. The molecule has 1 aliphatic rings. The number of nitrogens with zero attached hydrogens (tertiary/aromatic N) is 1. The van der Waals surface area contributed by atoms with Crippen molar-refractivity contribution in [2.24, 2.45) is 0 Å². The predicted molar refractivity (Wildman–Crippen MR) is 105 cm³/mol. The second-order valence-electron chi connectivity index (χ2n) is 6.76. The summed E-state index contributed by atoms with van der Waals surface area (Å²) in [6, 6.07) is 8.36. The van der Waals surface area contributed by atoms with E-state index < -0.39 is 29.3 Å². The van der Waals surface area contributed by atoms with Crippen molar-refractivity contribution in [3.63, 3.8) is 0 Å². The molecule has 0 saturated heterocycles. The summed E-state index contributed by atoms with van der Waals surface area (Å²) in [7, 11) is 0. The number of aliphatic hydroxyl groups excluding tert-OH is 1. The van der Waals surface area contributed by atoms with Crippen LogP contribution in [0.5, 0.6) is 0 Å². The number of hydrogen-bond acceptors (Lipinski definition) is 5. The molecule has 0 radical (unpaired) electrons. The van der Waals surface area contributed by atoms with Gasteiger partial charge >= 0.3 is 0 Å². The Hall–Kier alpha value is -2.51. The Kier molecular flexibility index (Phi) is 6.26. The summed E-state index contributed by atoms with van der Waals surface area (Å²) in [6.45, 7) is 4.47. The van der Waals surface area contributed by atoms with Gasteiger partial charge in [0.2, 0.25) is 5.78 Å². The molecule has 2 aromatic rings. The van der Waals surface area contributed by atoms with Gasteiger partial charge in [-0.3, -0.25) is 9.59 Å². The molecule has 2 heterocycles. The monoisotopic (exact) mass is 403 g/mol. The highest BCUT2D eigenvalue weighted by Crippen LogP contribution is 2.40. The molecular weight excluding hydrogens is 381 g/mol. The lowest BCUT2D eigenvalue weighted by Gasteiger charge is -2.27. The van der Waals surface area contributed by atoms with Gasteiger partial charge in [-0.25, -0.2) is 4.39 Å². The van der Waals surface area contributed by atoms with Crippen LogP contribution in [-0.2, 0) is 9.53 Å². The van der Waals surface area contributed by atoms with Gasteiger partial charge in [0.1, 0.15) is 5.82 Å². The first-order valence-electron chi connectivity index (χ1n) is 9.10. The zero-order chi connectivity index (χ0) is 20.3. The third-order valence-electron chi connectivity index (χ3n) is 4.49. The van der Waals surface area contributed by atoms with E-state index >= 15 is 0 Å². The molecule has 1 N–H and O–H groups in total. The van der Waals surface area contributed by atoms with Crippen molar-refractivity contribution in [1.82, 2.24) is 4.90 Å². The molecule has 0 saturated carbocycles. The lowest BCUT2D eigenvalue weighted by atomic mass is 9.95. The molecule has 0 aliphatic carbocycles. The Bertz CT molecular complexity index is 892. The molecule has 148 valence electrons. The van der Waals surface area contributed by atoms with E-state index in [2.05, 4.69) is 0 Å². The average Bonchev–Trinajstić information content (AvgIpc) is 3.28. The molecule has 1 aromatic heterocycles. The van der Waals surface area contributed by atoms with Crippen LogP contribution >= 0.6 is 11.3 Å². The molecule has 0 spiro atoms. The van der Waals surface area contributed by atoms with E-state index in [9.17, 15) is 19.1 Å². The lowest BCUT2D eigenvalue weighted by Crippen LogP contribution is -2.33. The van der Waals surface area contributed by atoms with Crippen LogP contribution in [0.4, 0.5) is 4.39 Å². The van der Waals surface area contributed by atoms with Gasteiger partial charge in [-0.15, -0.1) is 11.3 Å². The summed E-state index contributed by atoms with van der Waals surface area (Å²) in [4.78, 5) is 27.4. The third-order valence-corrected chi connectivity index (χ3v) is 5.36. The van der Waals surface area contributed by atoms with Crippen LogP contribution in [0.25, 0.3) is 0 Å². The summed E-state index contributed by atoms with van der Waals surface area (Å²) in [5.41, 5.74) is 0.104. The topological polar surface area (TPSA) is 66.8 Å². The molecule has 5 nitrogen and oxygen atoms in total. The van der Waals surface area contributed by atoms with Gasteiger partial charge in [-0.1, -0.05) is 24.3 Å². The number of rotatable bonds is 8. The number of carbonyl (C=O) groups is 2. The van der Waals surface area contributed by atoms with Gasteiger partial charge in [-0.2, -0.15) is 0 Å². The molecule has 28 heavy (non-hydrogen) atoms. The lowest BCUT2D eigenvalue weighted by molar-refractivity contribution is -0.129. The molecule has 1 amide bonds. The Morgan fingerprint density at radius 2 is 2.04 bits per heavy atom. The normalized spacial score (nSPS) is 17.1. The standard InChI is InChI=1S/C21H22FNO4S/c1-13(2)27-11-6-10-23-18(14-7-3-4-8-15(14)22)17(20(25)21(23)26)19(24)16-9-5-12-28-16/h3-5,7-9,12-13,18,25H,6,10-11H2,1-2H3. The first kappa shape index (κ1) is 20.2. The number of Topliss-reactive ketones (excluding diaryl/α,β-unsaturated/α-hetero) is 1. The van der Waals surface area contributed by atoms with Crippen LogP contribution < -0.4 is 0 Å². The van der Waals surface area contributed by atoms with E-state index in [4.69, 9.17) is 4.74 Å². The van der Waals surface area contributed by atoms with Crippen molar-refractivity contribution in [3.05, 3.63) is 69.4 Å². The minimum absolute atomic E-state index is 0.0548. The van der Waals surface area contributed by atoms with Crippen molar-refractivity contribution in [2.45, 2.75) is 32.4 Å². The Morgan fingerprint density at radius 3 is 2.68 bits per heavy atom. The summed E-state index contributed by atoms with van der Waals surface area (Å²) < 4.78 is 20.1. The number of hydrogen-bond donors (Lipinski definition) is 1. The fourth-order valence-electron chi connectivity index (χ4n) is 3.23. The number of aliphatic hydroxyl groups is 1. The smallest absolute Gasteiger partial charge is 0.290 e. The summed E-state index contributed by atoms with van der Waals surface area (Å²) >= 11 is 1.21. The first-order valence-corrected chi connectivity index (χ1v) is 9.98. The van der Waals surface area contributed by atoms with E-state index in [1.54, 1.807) is 29.6 Å². The van der Waals surface area contributed by atoms with Crippen LogP contribution in [0.1, 0.15) is 41.5 Å². The largest absolute Gasteiger partial charge is 0.503 e. The van der Waals surface area contributed by atoms with Gasteiger partial charge in [-0.05, 0) is 37.8 Å². The second kappa shape index (κ2) is 8.67. The highest BCUT2D eigenvalue weighted by Gasteiger charge is 2.44. The predicted octanol–water partition coefficient (Wildman–Crippen LogP) is 4.28. The Labute approximate surface area is 167 Å². The third kappa shape index (κ3) is 4.00. The zero-order valence-corrected chi connectivity index (χ0v) is 16.5. The number of ketones is 1. The fraction of sp³-hybridized carbons (Fsp3) is 0.333. The fourth-order valence-corrected chi connectivity index (χ4v) is 3.91. The first-order chi connectivity index (χ1) is 13.4. The molecular formula is C21H22FNO4S. The van der Waals surface area contributed by atoms with Crippen molar-refractivity contribution < 1.29 is 23.8 Å². The molecule has 1 aromatic carbocycles. The van der Waals surface area contributed by atoms with Crippen LogP contribution in [0.15, 0.2) is 53.1 Å². The van der Waals surface area contributed by atoms with Crippen molar-refractivity contribution >= 4 is 23.0 Å². The molecule has 0 bridgehead atoms. The summed E-state index contributed by atoms with van der Waals surface area (Å²) in [5, 5.41) is 12.2. The van der Waals surface area contributed by atoms with Gasteiger partial charge in [0.15, 0.2) is 5.76 Å². The minimum atomic E-state index is -0.970. The van der Waals surface area contributed by atoms with Gasteiger partial charge in [0.05, 0.1) is 22.6 Å². The van der Waals surface area contributed by atoms with E-state index in [-0.39, 0.29) is 23.8 Å². The van der Waals surface area contributed by atoms with Crippen LogP contribution in [0.2, 0.25) is 0 Å². The zero-order valence-electron chi connectivity index (χ0n) is 15.7. The number of thiophene rings is 1. The Morgan fingerprint density at radius 1 is 1.29 bits per heavy atom. The maximum Gasteiger partial charge on any atom is 0.290 e. The van der Waals surface area contributed by atoms with E-state index in [0.717, 1.165) is 0 Å². The molecule has 1 atom stereocenters. The van der Waals surface area contributed by atoms with Gasteiger partial charge in [0.25, 0.3) is 5.91 Å². The maximum atomic E-state index is 14.6. The molecule has 1 aliphatic heterocycles. The molecule has 3 rings (SSSR count). The molecule has 0 fully saturated rings. The van der Waals surface area contributed by atoms with E-state index in [0.29, 0.717) is 17.9 Å². The quantitative estimate of drug-likeness (QED) is 0.528. The number of ether oxygens (including phenoxy) is 1. The van der Waals surface area contributed by atoms with Gasteiger partial charge in [0, 0.05) is 18.7 Å². The van der Waals surface area contributed by atoms with Crippen molar-refractivity contribution in [3.8, 4) is 0 Å². The average molecular weight is 403 g/mol. The van der Waals surface area contributed by atoms with E-state index in [1.165, 1.54) is 28.4 Å². The van der Waals surface area contributed by atoms with Crippen molar-refractivity contribution in [2.75, 3.05) is 13.2 Å². The number of amides is 1. The number of carbonyl (C=O) groups excluding carboxylic acids is 2. The van der Waals surface area contributed by atoms with Crippen LogP contribution in [0, 0.1) is 5.82 Å². The molecule has 7 heteroatoms. The second-order valence-corrected chi connectivity index (χ2v) is 7.71. The van der Waals surface area contributed by atoms with Gasteiger partial charge < -0.3 is 14.7 Å². The van der Waals surface area contributed by atoms with Crippen LogP contribution in [0.3, 0.4) is 0 Å². The van der Waals surface area contributed by atoms with Crippen LogP contribution in [-0.4, -0.2) is 41.0 Å². The summed E-state index contributed by atoms with van der Waals surface area (Å²) in [5.74, 6) is -2.28. The summed E-state index contributed by atoms with van der Waals surface area (Å²) in [6.07, 6.45) is 0.557. The SMILES string of the molecule is CC(C)OCCCN1C(=O)C(O)=C(C(=O)c2cccs2)C1c1ccccc1F. The number of benzene rings is 1. The maximum absolute atomic E-state index is 14.6. The highest BCUT2D eigenvalue weighted by atomic mass is 32.1. The Balaban J connectivity index is 1.96. The highest BCUT2D eigenvalue weighted by molar-refractivity contribution is 7.12. The van der Waals surface area contributed by atoms with Crippen molar-refractivity contribution in [1.29, 1.82) is 0 Å².